The molecule has 0 saturated carbocycles. The molecule has 2 unspecified atom stereocenters. The van der Waals surface area contributed by atoms with E-state index >= 15 is 0 Å². The van der Waals surface area contributed by atoms with Crippen LogP contribution in [0.4, 0.5) is 0 Å². The predicted octanol–water partition coefficient (Wildman–Crippen LogP) is 8.15. The maximum atomic E-state index is 12.0. The second-order valence-corrected chi connectivity index (χ2v) is 13.0. The van der Waals surface area contributed by atoms with Gasteiger partial charge < -0.3 is 20.1 Å². The van der Waals surface area contributed by atoms with Crippen LogP contribution in [0.15, 0.2) is 0 Å². The summed E-state index contributed by atoms with van der Waals surface area (Å²) in [5.74, 6) is -0.515. The number of aliphatic hydroxyl groups is 1. The maximum absolute atomic E-state index is 12.0. The van der Waals surface area contributed by atoms with E-state index in [9.17, 15) is 24.2 Å². The molecular formula is C32H64NO8P. The molecule has 0 aliphatic rings. The van der Waals surface area contributed by atoms with Gasteiger partial charge in [0.05, 0.1) is 13.2 Å². The van der Waals surface area contributed by atoms with E-state index in [2.05, 4.69) is 19.2 Å². The molecule has 0 bridgehead atoms. The van der Waals surface area contributed by atoms with Gasteiger partial charge in [-0.1, -0.05) is 136 Å². The van der Waals surface area contributed by atoms with Crippen molar-refractivity contribution in [3.8, 4) is 0 Å². The Hall–Kier alpha value is -0.990. The smallest absolute Gasteiger partial charge is 0.463 e. The molecule has 3 N–H and O–H groups in total. The third kappa shape index (κ3) is 30.5. The van der Waals surface area contributed by atoms with Crippen molar-refractivity contribution in [2.24, 2.45) is 0 Å². The highest BCUT2D eigenvalue weighted by molar-refractivity contribution is 7.47. The monoisotopic (exact) mass is 621 g/mol. The van der Waals surface area contributed by atoms with E-state index in [0.29, 0.717) is 6.42 Å². The molecule has 0 fully saturated rings. The zero-order valence-corrected chi connectivity index (χ0v) is 27.9. The van der Waals surface area contributed by atoms with E-state index in [1.165, 1.54) is 96.3 Å². The normalized spacial score (nSPS) is 13.5. The van der Waals surface area contributed by atoms with Crippen molar-refractivity contribution in [3.63, 3.8) is 0 Å². The summed E-state index contributed by atoms with van der Waals surface area (Å²) in [5, 5.41) is 12.6. The van der Waals surface area contributed by atoms with Crippen molar-refractivity contribution in [1.82, 2.24) is 5.32 Å². The zero-order chi connectivity index (χ0) is 31.2. The first kappa shape index (κ1) is 41.0. The van der Waals surface area contributed by atoms with E-state index in [-0.39, 0.29) is 32.1 Å². The van der Waals surface area contributed by atoms with Crippen molar-refractivity contribution in [1.29, 1.82) is 0 Å². The quantitative estimate of drug-likeness (QED) is 0.0390. The number of amides is 1. The van der Waals surface area contributed by atoms with Gasteiger partial charge in [0.25, 0.3) is 0 Å². The van der Waals surface area contributed by atoms with E-state index in [1.54, 1.807) is 0 Å². The number of rotatable bonds is 32. The highest BCUT2D eigenvalue weighted by Gasteiger charge is 2.23. The number of aliphatic hydroxyl groups excluding tert-OH is 1. The summed E-state index contributed by atoms with van der Waals surface area (Å²) >= 11 is 0. The third-order valence-corrected chi connectivity index (χ3v) is 8.27. The number of ether oxygens (including phenoxy) is 1. The molecular weight excluding hydrogens is 557 g/mol. The molecule has 10 heteroatoms. The van der Waals surface area contributed by atoms with Crippen LogP contribution in [0.5, 0.6) is 0 Å². The van der Waals surface area contributed by atoms with Crippen LogP contribution in [0.3, 0.4) is 0 Å². The van der Waals surface area contributed by atoms with Crippen LogP contribution in [0.1, 0.15) is 162 Å². The fourth-order valence-corrected chi connectivity index (χ4v) is 5.43. The molecule has 2 atom stereocenters. The van der Waals surface area contributed by atoms with Crippen molar-refractivity contribution in [2.75, 3.05) is 26.4 Å². The first-order valence-corrected chi connectivity index (χ1v) is 18.5. The first-order chi connectivity index (χ1) is 20.3. The van der Waals surface area contributed by atoms with Crippen LogP contribution >= 0.6 is 7.82 Å². The average molecular weight is 622 g/mol. The fraction of sp³-hybridized carbons (Fsp3) is 0.938. The molecule has 9 nitrogen and oxygen atoms in total. The Balaban J connectivity index is 3.63. The summed E-state index contributed by atoms with van der Waals surface area (Å²) in [7, 11) is -4.39. The highest BCUT2D eigenvalue weighted by atomic mass is 31.2. The molecule has 0 aromatic heterocycles. The van der Waals surface area contributed by atoms with E-state index < -0.39 is 26.5 Å². The van der Waals surface area contributed by atoms with Gasteiger partial charge >= 0.3 is 13.8 Å². The molecule has 0 radical (unpaired) electrons. The molecule has 0 saturated heterocycles. The van der Waals surface area contributed by atoms with Crippen molar-refractivity contribution in [2.45, 2.75) is 168 Å². The van der Waals surface area contributed by atoms with Gasteiger partial charge in [0, 0.05) is 19.4 Å². The number of nitrogens with one attached hydrogen (secondary N) is 1. The van der Waals surface area contributed by atoms with Crippen molar-refractivity contribution < 1.29 is 37.9 Å². The third-order valence-electron chi connectivity index (χ3n) is 7.29. The average Bonchev–Trinajstić information content (AvgIpc) is 2.97. The lowest BCUT2D eigenvalue weighted by atomic mass is 10.0. The minimum Gasteiger partial charge on any atom is -0.463 e. The number of hydrogen-bond acceptors (Lipinski definition) is 7. The SMILES string of the molecule is CCCCCCCCCCCCCCC(=O)NCCOP(=O)(O)OCC(O)COC(=O)CCCCCCCCCCC. The van der Waals surface area contributed by atoms with Crippen LogP contribution in [0.2, 0.25) is 0 Å². The van der Waals surface area contributed by atoms with Crippen molar-refractivity contribution >= 4 is 19.7 Å². The number of hydrogen-bond donors (Lipinski definition) is 3. The van der Waals surface area contributed by atoms with Crippen LogP contribution in [-0.2, 0) is 27.9 Å². The standard InChI is InChI=1S/C32H64NO8P/c1-3-5-7-9-11-13-14-15-17-18-20-22-24-31(35)33-26-27-40-42(37,38)41-29-30(34)28-39-32(36)25-23-21-19-16-12-10-8-6-4-2/h30,34H,3-29H2,1-2H3,(H,33,35)(H,37,38). The highest BCUT2D eigenvalue weighted by Crippen LogP contribution is 2.42. The molecule has 0 aliphatic heterocycles. The predicted molar refractivity (Wildman–Crippen MR) is 169 cm³/mol. The van der Waals surface area contributed by atoms with Gasteiger partial charge in [-0.3, -0.25) is 18.6 Å². The van der Waals surface area contributed by atoms with E-state index in [4.69, 9.17) is 13.8 Å². The van der Waals surface area contributed by atoms with Gasteiger partial charge in [-0.25, -0.2) is 4.57 Å². The summed E-state index contributed by atoms with van der Waals surface area (Å²) in [6.45, 7) is 3.51. The van der Waals surface area contributed by atoms with Gasteiger partial charge in [0.15, 0.2) is 0 Å². The number of phosphoric acid groups is 1. The van der Waals surface area contributed by atoms with Crippen LogP contribution in [-0.4, -0.2) is 54.3 Å². The van der Waals surface area contributed by atoms with Gasteiger partial charge in [0.1, 0.15) is 12.7 Å². The molecule has 42 heavy (non-hydrogen) atoms. The van der Waals surface area contributed by atoms with Crippen LogP contribution in [0.25, 0.3) is 0 Å². The molecule has 0 aromatic carbocycles. The Morgan fingerprint density at radius 2 is 1.07 bits per heavy atom. The summed E-state index contributed by atoms with van der Waals surface area (Å²) in [6.07, 6.45) is 24.6. The maximum Gasteiger partial charge on any atom is 0.472 e. The number of esters is 1. The molecule has 0 aromatic rings. The van der Waals surface area contributed by atoms with Crippen molar-refractivity contribution in [3.05, 3.63) is 0 Å². The molecule has 1 amide bonds. The molecule has 0 rings (SSSR count). The summed E-state index contributed by atoms with van der Waals surface area (Å²) < 4.78 is 26.6. The second-order valence-electron chi connectivity index (χ2n) is 11.5. The van der Waals surface area contributed by atoms with E-state index in [0.717, 1.165) is 38.5 Å². The molecule has 0 spiro atoms. The minimum atomic E-state index is -4.39. The Bertz CT molecular complexity index is 679. The zero-order valence-electron chi connectivity index (χ0n) is 27.0. The van der Waals surface area contributed by atoms with Gasteiger partial charge in [0.2, 0.25) is 5.91 Å². The minimum absolute atomic E-state index is 0.0873. The molecule has 0 heterocycles. The number of carbonyl (C=O) groups excluding carboxylic acids is 2. The lowest BCUT2D eigenvalue weighted by molar-refractivity contribution is -0.147. The molecule has 0 aliphatic carbocycles. The van der Waals surface area contributed by atoms with Gasteiger partial charge in [-0.05, 0) is 12.8 Å². The Labute approximate surface area is 256 Å². The van der Waals surface area contributed by atoms with E-state index in [1.807, 2.05) is 0 Å². The summed E-state index contributed by atoms with van der Waals surface area (Å²) in [6, 6.07) is 0. The number of unbranched alkanes of at least 4 members (excludes halogenated alkanes) is 19. The first-order valence-electron chi connectivity index (χ1n) is 17.0. The summed E-state index contributed by atoms with van der Waals surface area (Å²) in [5.41, 5.74) is 0. The van der Waals surface area contributed by atoms with Crippen LogP contribution in [0, 0.1) is 0 Å². The topological polar surface area (TPSA) is 131 Å². The second kappa shape index (κ2) is 30.1. The largest absolute Gasteiger partial charge is 0.472 e. The Morgan fingerprint density at radius 1 is 0.643 bits per heavy atom. The van der Waals surface area contributed by atoms with Gasteiger partial charge in [-0.15, -0.1) is 0 Å². The fourth-order valence-electron chi connectivity index (χ4n) is 4.67. The lowest BCUT2D eigenvalue weighted by Gasteiger charge is -2.15. The van der Waals surface area contributed by atoms with Crippen LogP contribution < -0.4 is 5.32 Å². The summed E-state index contributed by atoms with van der Waals surface area (Å²) in [4.78, 5) is 33.5. The molecule has 250 valence electrons. The lowest BCUT2D eigenvalue weighted by Crippen LogP contribution is -2.27. The number of phosphoric ester groups is 1. The Morgan fingerprint density at radius 3 is 1.55 bits per heavy atom. The van der Waals surface area contributed by atoms with Gasteiger partial charge in [-0.2, -0.15) is 0 Å². The number of carbonyl (C=O) groups is 2. The Kier molecular flexibility index (Phi) is 29.3.